The van der Waals surface area contributed by atoms with Crippen LogP contribution in [-0.4, -0.2) is 206 Å². The average molecular weight is 1680 g/mol. The molecule has 1 spiro atoms. The number of phenols is 2. The summed E-state index contributed by atoms with van der Waals surface area (Å²) in [4.78, 5) is 67.6. The zero-order valence-corrected chi connectivity index (χ0v) is 76.8. The van der Waals surface area contributed by atoms with E-state index in [1.807, 2.05) is 79.3 Å². The van der Waals surface area contributed by atoms with Gasteiger partial charge in [0.15, 0.2) is 5.78 Å². The molecule has 6 aliphatic heterocycles. The van der Waals surface area contributed by atoms with Crippen molar-refractivity contribution in [3.63, 3.8) is 0 Å². The Labute approximate surface area is 738 Å². The molecule has 4 saturated carbocycles. The number of amides is 3. The van der Waals surface area contributed by atoms with Gasteiger partial charge in [-0.2, -0.15) is 0 Å². The van der Waals surface area contributed by atoms with Crippen LogP contribution in [0.25, 0.3) is 0 Å². The second-order valence-electron chi connectivity index (χ2n) is 39.7. The summed E-state index contributed by atoms with van der Waals surface area (Å²) in [6.45, 7) is 28.7. The molecule has 9 fully saturated rings. The average Bonchev–Trinajstić information content (AvgIpc) is 1.52. The highest BCUT2D eigenvalue weighted by molar-refractivity contribution is 6.04. The van der Waals surface area contributed by atoms with Crippen LogP contribution in [0.5, 0.6) is 23.0 Å². The second kappa shape index (κ2) is 40.9. The molecule has 0 radical (unpaired) electrons. The van der Waals surface area contributed by atoms with Crippen LogP contribution in [0, 0.1) is 29.6 Å². The summed E-state index contributed by atoms with van der Waals surface area (Å²) in [5.74, 6) is 6.16. The van der Waals surface area contributed by atoms with E-state index in [4.69, 9.17) is 15.2 Å². The van der Waals surface area contributed by atoms with Crippen LogP contribution in [0.2, 0.25) is 0 Å². The van der Waals surface area contributed by atoms with E-state index in [2.05, 4.69) is 132 Å². The maximum absolute atomic E-state index is 13.2. The van der Waals surface area contributed by atoms with Crippen molar-refractivity contribution in [2.75, 3.05) is 125 Å². The molecule has 9 atom stereocenters. The molecule has 6 aliphatic carbocycles. The van der Waals surface area contributed by atoms with E-state index < -0.39 is 5.41 Å². The van der Waals surface area contributed by atoms with Crippen LogP contribution < -0.4 is 20.5 Å². The maximum Gasteiger partial charge on any atom is 0.252 e. The molecule has 3 amide bonds. The number of nitrogens with zero attached hydrogens (tertiary/aromatic N) is 7. The molecule has 0 aromatic heterocycles. The van der Waals surface area contributed by atoms with E-state index in [9.17, 15) is 29.4 Å². The first-order chi connectivity index (χ1) is 59.5. The van der Waals surface area contributed by atoms with Crippen molar-refractivity contribution in [3.05, 3.63) is 184 Å². The molecule has 6 heterocycles. The van der Waals surface area contributed by atoms with Gasteiger partial charge in [0, 0.05) is 87.0 Å². The number of carbonyl (C=O) groups excluding carboxylic acids is 4. The lowest BCUT2D eigenvalue weighted by Gasteiger charge is -2.59. The number of benzene rings is 6. The first kappa shape index (κ1) is 91.4. The van der Waals surface area contributed by atoms with Gasteiger partial charge in [-0.05, 0) is 331 Å². The Morgan fingerprint density at radius 1 is 0.585 bits per heavy atom. The number of anilines is 1. The molecule has 123 heavy (non-hydrogen) atoms. The van der Waals surface area contributed by atoms with E-state index in [0.29, 0.717) is 35.3 Å². The standard InChI is InChI=1S/C29H38N2O.C21H34N2O2.C21H34N2O.C18H23NO2.C17H22N2O2/c1-32-25-12-8-21(9-13-25)19-30-24-11-10-23-17-28-26-7-2-3-14-29(26,27(23)18-24)15-16-31(28)20-22-5-4-6-22;1-4-6-7-8-14-23-15-12-21(13-16-23,20(25)22(3)5-2)18-10-9-11-19(24)17-18;1-4-6-7-11-16-23-17-14-21(15-18-23,20(24)22(3)5-2)19-12-9-8-10-13-19;1-11-16-17(21)14-6-5-13(20)9-15(14)18(11,2)7-8-19(16)10-12-3-4-12;1-19-9-8-17-11(10-19)4-2-7-14(17)21-15-12(16(18)20)5-3-6-13(15)17/h8-13,18,22,26,28,30H,2-7,14-17,19-20H2,1H3;9-11,17,24H,4-8,12-16H2,1-3H3;8-10,12-13H,4-7,11,14-18H2,1-3H3;5-6,9,11-12,16,20H,3-4,7-8,10H2,1-2H3;3,5-6,11,14H,2,4,7-10H2,1H3,(H2,18,20)/t26?,28-,29-;;;11-,16-,18-;11-,14?,17?/m1..00/s1. The zero-order valence-electron chi connectivity index (χ0n) is 76.8. The number of fused-ring (bicyclic) bond motifs is 6. The van der Waals surface area contributed by atoms with Crippen LogP contribution in [-0.2, 0) is 49.6 Å². The Hall–Kier alpha value is -7.80. The molecule has 18 rings (SSSR count). The summed E-state index contributed by atoms with van der Waals surface area (Å²) in [6, 6.07) is 45.5. The number of likely N-dealkylation sites (N-methyl/N-ethyl adjacent to an activating group) is 2. The van der Waals surface area contributed by atoms with Crippen LogP contribution >= 0.6 is 0 Å². The van der Waals surface area contributed by atoms with Gasteiger partial charge >= 0.3 is 0 Å². The summed E-state index contributed by atoms with van der Waals surface area (Å²) in [5.41, 5.74) is 17.0. The van der Waals surface area contributed by atoms with Gasteiger partial charge in [-0.1, -0.05) is 158 Å². The molecule has 6 aromatic rings. The van der Waals surface area contributed by atoms with Crippen LogP contribution in [0.4, 0.5) is 5.69 Å². The molecule has 5 saturated heterocycles. The summed E-state index contributed by atoms with van der Waals surface area (Å²) in [5, 5.41) is 23.5. The fraction of sp³-hybridized carbons (Fsp3) is 0.623. The molecule has 4 bridgehead atoms. The third kappa shape index (κ3) is 19.7. The number of piperidine rings is 5. The highest BCUT2D eigenvalue weighted by Gasteiger charge is 2.59. The van der Waals surface area contributed by atoms with E-state index in [0.717, 1.165) is 169 Å². The Morgan fingerprint density at radius 2 is 1.21 bits per heavy atom. The lowest BCUT2D eigenvalue weighted by Crippen LogP contribution is -2.61. The largest absolute Gasteiger partial charge is 0.508 e. The number of ketones is 1. The number of hydrogen-bond donors (Lipinski definition) is 4. The lowest BCUT2D eigenvalue weighted by atomic mass is 9.52. The van der Waals surface area contributed by atoms with Crippen molar-refractivity contribution < 1.29 is 38.9 Å². The number of Topliss-reactive ketones (excluding diaryl/α,β-unsaturated/α-hetero) is 1. The molecule has 17 nitrogen and oxygen atoms in total. The number of nitrogens with two attached hydrogens (primary N) is 1. The minimum atomic E-state index is -0.497. The van der Waals surface area contributed by atoms with Crippen molar-refractivity contribution in [1.82, 2.24) is 34.3 Å². The number of unbranched alkanes of at least 4 members (excludes halogenated alkanes) is 6. The van der Waals surface area contributed by atoms with E-state index in [-0.39, 0.29) is 57.5 Å². The fourth-order valence-electron chi connectivity index (χ4n) is 24.3. The SMILES string of the molecule is CCCCCCN1CCC(C(=O)N(C)CC)(c2cccc(O)c2)CC1.CCCCCCN1CCC(C(=O)N(C)CC)(c2ccccc2)CC1.CN1CCC23c4cccc(C(N)=O)c4OC2CCC[C@H]3C1.COc1ccc(CNc2ccc3c(c2)[C@@]24CCCCC2[C@@H](C3)N(CC2CCC2)CC4)cc1.C[C@H]1[C@H]2C(=O)c3ccc(O)cc3[C@@]1(C)CCN2CC1CC1. The Balaban J connectivity index is 0.000000126. The Kier molecular flexibility index (Phi) is 30.4. The van der Waals surface area contributed by atoms with Gasteiger partial charge in [0.2, 0.25) is 11.8 Å². The maximum atomic E-state index is 13.2. The molecular formula is C106H151N9O8. The number of ether oxygens (including phenoxy) is 2. The topological polar surface area (TPSA) is 188 Å². The molecule has 6 aromatic carbocycles. The molecule has 668 valence electrons. The smallest absolute Gasteiger partial charge is 0.252 e. The molecule has 12 aliphatic rings. The van der Waals surface area contributed by atoms with Crippen LogP contribution in [0.3, 0.4) is 0 Å². The van der Waals surface area contributed by atoms with Crippen molar-refractivity contribution in [1.29, 1.82) is 0 Å². The molecular weight excluding hydrogens is 1530 g/mol. The van der Waals surface area contributed by atoms with Crippen molar-refractivity contribution in [2.45, 2.75) is 273 Å². The normalized spacial score (nSPS) is 26.6. The number of methoxy groups -OCH3 is 1. The minimum absolute atomic E-state index is 0.00665. The van der Waals surface area contributed by atoms with Crippen LogP contribution in [0.1, 0.15) is 275 Å². The van der Waals surface area contributed by atoms with Crippen molar-refractivity contribution >= 4 is 29.2 Å². The third-order valence-corrected chi connectivity index (χ3v) is 32.5. The number of primary amides is 1. The number of rotatable bonds is 25. The number of carbonyl (C=O) groups is 4. The predicted molar refractivity (Wildman–Crippen MR) is 498 cm³/mol. The Morgan fingerprint density at radius 3 is 1.84 bits per heavy atom. The van der Waals surface area contributed by atoms with Crippen molar-refractivity contribution in [3.8, 4) is 23.0 Å². The van der Waals surface area contributed by atoms with Gasteiger partial charge in [0.25, 0.3) is 5.91 Å². The first-order valence-corrected chi connectivity index (χ1v) is 48.5. The number of phenolic OH excluding ortho intramolecular Hbond substituents is 2. The van der Waals surface area contributed by atoms with Gasteiger partial charge in [0.1, 0.15) is 29.1 Å². The predicted octanol–water partition coefficient (Wildman–Crippen LogP) is 18.9. The fourth-order valence-corrected chi connectivity index (χ4v) is 24.3. The van der Waals surface area contributed by atoms with Gasteiger partial charge in [-0.25, -0.2) is 0 Å². The van der Waals surface area contributed by atoms with E-state index in [1.165, 1.54) is 177 Å². The van der Waals surface area contributed by atoms with Crippen LogP contribution in [0.15, 0.2) is 133 Å². The van der Waals surface area contributed by atoms with Gasteiger partial charge < -0.3 is 55.2 Å². The Bertz CT molecular complexity index is 4490. The number of aromatic hydroxyl groups is 2. The highest BCUT2D eigenvalue weighted by atomic mass is 16.5. The molecule has 5 N–H and O–H groups in total. The third-order valence-electron chi connectivity index (χ3n) is 32.5. The number of hydrogen-bond acceptors (Lipinski definition) is 14. The summed E-state index contributed by atoms with van der Waals surface area (Å²) in [7, 11) is 7.74. The molecule has 3 unspecified atom stereocenters. The summed E-state index contributed by atoms with van der Waals surface area (Å²) < 4.78 is 11.6. The second-order valence-corrected chi connectivity index (χ2v) is 39.7. The number of likely N-dealkylation sites (tertiary alicyclic amines) is 5. The lowest BCUT2D eigenvalue weighted by molar-refractivity contribution is -0.138. The number of para-hydroxylation sites is 1. The van der Waals surface area contributed by atoms with E-state index in [1.54, 1.807) is 42.5 Å². The van der Waals surface area contributed by atoms with Crippen molar-refractivity contribution in [2.24, 2.45) is 35.3 Å². The summed E-state index contributed by atoms with van der Waals surface area (Å²) >= 11 is 0. The molecule has 17 heteroatoms. The van der Waals surface area contributed by atoms with Gasteiger partial charge in [-0.3, -0.25) is 29.0 Å². The summed E-state index contributed by atoms with van der Waals surface area (Å²) in [6.07, 6.45) is 35.2. The van der Waals surface area contributed by atoms with E-state index >= 15 is 0 Å². The quantitative estimate of drug-likeness (QED) is 0.0396. The minimum Gasteiger partial charge on any atom is -0.508 e. The van der Waals surface area contributed by atoms with Gasteiger partial charge in [0.05, 0.1) is 29.5 Å². The highest BCUT2D eigenvalue weighted by Crippen LogP contribution is 2.59. The zero-order chi connectivity index (χ0) is 86.6. The number of nitrogens with one attached hydrogen (secondary N) is 1. The van der Waals surface area contributed by atoms with Gasteiger partial charge in [-0.15, -0.1) is 0 Å². The first-order valence-electron chi connectivity index (χ1n) is 48.5. The monoisotopic (exact) mass is 1680 g/mol.